The van der Waals surface area contributed by atoms with Crippen molar-refractivity contribution in [3.8, 4) is 5.75 Å². The lowest BCUT2D eigenvalue weighted by atomic mass is 10.1. The first-order valence-electron chi connectivity index (χ1n) is 6.36. The molecule has 0 spiro atoms. The first-order valence-corrected chi connectivity index (χ1v) is 6.36. The molecule has 1 aliphatic rings. The third-order valence-corrected chi connectivity index (χ3v) is 3.48. The van der Waals surface area contributed by atoms with E-state index in [1.165, 1.54) is 12.0 Å². The average Bonchev–Trinajstić information content (AvgIpc) is 2.79. The summed E-state index contributed by atoms with van der Waals surface area (Å²) < 4.78 is 10.6. The summed E-state index contributed by atoms with van der Waals surface area (Å²) in [5.74, 6) is 1.54. The SMILES string of the molecule is COCC1CCN(Cc2ccc(N)cc2OC)C1. The lowest BCUT2D eigenvalue weighted by molar-refractivity contribution is 0.152. The number of nitrogens with two attached hydrogens (primary N) is 1. The Balaban J connectivity index is 1.98. The third kappa shape index (κ3) is 3.15. The van der Waals surface area contributed by atoms with Gasteiger partial charge in [-0.05, 0) is 24.9 Å². The van der Waals surface area contributed by atoms with Crippen LogP contribution in [0.4, 0.5) is 5.69 Å². The predicted octanol–water partition coefficient (Wildman–Crippen LogP) is 1.75. The number of ether oxygens (including phenoxy) is 2. The molecule has 18 heavy (non-hydrogen) atoms. The van der Waals surface area contributed by atoms with Gasteiger partial charge in [0.05, 0.1) is 13.7 Å². The number of methoxy groups -OCH3 is 2. The standard InChI is InChI=1S/C14H22N2O2/c1-17-10-11-5-6-16(8-11)9-12-3-4-13(15)7-14(12)18-2/h3-4,7,11H,5-6,8-10,15H2,1-2H3. The van der Waals surface area contributed by atoms with Crippen LogP contribution in [0.2, 0.25) is 0 Å². The van der Waals surface area contributed by atoms with E-state index in [2.05, 4.69) is 11.0 Å². The fourth-order valence-corrected chi connectivity index (χ4v) is 2.56. The largest absolute Gasteiger partial charge is 0.496 e. The molecule has 4 nitrogen and oxygen atoms in total. The third-order valence-electron chi connectivity index (χ3n) is 3.48. The van der Waals surface area contributed by atoms with E-state index in [0.29, 0.717) is 5.92 Å². The molecular formula is C14H22N2O2. The highest BCUT2D eigenvalue weighted by Gasteiger charge is 2.22. The minimum absolute atomic E-state index is 0.662. The van der Waals surface area contributed by atoms with Crippen molar-refractivity contribution >= 4 is 5.69 Å². The number of nitrogen functional groups attached to an aromatic ring is 1. The van der Waals surface area contributed by atoms with E-state index in [0.717, 1.165) is 37.7 Å². The van der Waals surface area contributed by atoms with E-state index in [4.69, 9.17) is 15.2 Å². The lowest BCUT2D eigenvalue weighted by Gasteiger charge is -2.18. The molecule has 1 unspecified atom stereocenters. The van der Waals surface area contributed by atoms with E-state index < -0.39 is 0 Å². The van der Waals surface area contributed by atoms with Crippen LogP contribution in [0.25, 0.3) is 0 Å². The van der Waals surface area contributed by atoms with Crippen molar-refractivity contribution in [2.75, 3.05) is 39.6 Å². The number of nitrogens with zero attached hydrogens (tertiary/aromatic N) is 1. The summed E-state index contributed by atoms with van der Waals surface area (Å²) in [6.07, 6.45) is 1.21. The Bertz CT molecular complexity index is 395. The second-order valence-electron chi connectivity index (χ2n) is 4.92. The smallest absolute Gasteiger partial charge is 0.125 e. The van der Waals surface area contributed by atoms with Crippen LogP contribution in [0, 0.1) is 5.92 Å². The Morgan fingerprint density at radius 3 is 2.94 bits per heavy atom. The van der Waals surface area contributed by atoms with Crippen LogP contribution in [0.5, 0.6) is 5.75 Å². The highest BCUT2D eigenvalue weighted by Crippen LogP contribution is 2.25. The van der Waals surface area contributed by atoms with Crippen molar-refractivity contribution in [3.05, 3.63) is 23.8 Å². The normalized spacial score (nSPS) is 20.2. The highest BCUT2D eigenvalue weighted by molar-refractivity contribution is 5.48. The maximum Gasteiger partial charge on any atom is 0.125 e. The number of hydrogen-bond acceptors (Lipinski definition) is 4. The highest BCUT2D eigenvalue weighted by atomic mass is 16.5. The number of rotatable bonds is 5. The van der Waals surface area contributed by atoms with Gasteiger partial charge in [0.1, 0.15) is 5.75 Å². The molecule has 0 radical (unpaired) electrons. The number of likely N-dealkylation sites (tertiary alicyclic amines) is 1. The topological polar surface area (TPSA) is 47.7 Å². The van der Waals surface area contributed by atoms with Crippen LogP contribution >= 0.6 is 0 Å². The Kier molecular flexibility index (Phi) is 4.44. The molecule has 100 valence electrons. The molecule has 1 heterocycles. The number of anilines is 1. The van der Waals surface area contributed by atoms with Gasteiger partial charge in [-0.1, -0.05) is 6.07 Å². The first kappa shape index (κ1) is 13.2. The van der Waals surface area contributed by atoms with Gasteiger partial charge in [0.15, 0.2) is 0 Å². The van der Waals surface area contributed by atoms with Crippen LogP contribution < -0.4 is 10.5 Å². The first-order chi connectivity index (χ1) is 8.72. The molecule has 1 aromatic rings. The van der Waals surface area contributed by atoms with Gasteiger partial charge in [-0.25, -0.2) is 0 Å². The van der Waals surface area contributed by atoms with Crippen LogP contribution in [0.15, 0.2) is 18.2 Å². The summed E-state index contributed by atoms with van der Waals surface area (Å²) in [6.45, 7) is 4.00. The van der Waals surface area contributed by atoms with E-state index in [9.17, 15) is 0 Å². The van der Waals surface area contributed by atoms with Crippen molar-refractivity contribution in [1.82, 2.24) is 4.90 Å². The predicted molar refractivity (Wildman–Crippen MR) is 72.7 cm³/mol. The fraction of sp³-hybridized carbons (Fsp3) is 0.571. The quantitative estimate of drug-likeness (QED) is 0.809. The monoisotopic (exact) mass is 250 g/mol. The van der Waals surface area contributed by atoms with Gasteiger partial charge in [0.2, 0.25) is 0 Å². The van der Waals surface area contributed by atoms with Gasteiger partial charge in [0.25, 0.3) is 0 Å². The summed E-state index contributed by atoms with van der Waals surface area (Å²) in [5, 5.41) is 0. The number of hydrogen-bond donors (Lipinski definition) is 1. The van der Waals surface area contributed by atoms with Gasteiger partial charge in [-0.15, -0.1) is 0 Å². The molecule has 0 saturated carbocycles. The van der Waals surface area contributed by atoms with E-state index in [-0.39, 0.29) is 0 Å². The van der Waals surface area contributed by atoms with E-state index in [1.807, 2.05) is 12.1 Å². The maximum atomic E-state index is 5.76. The zero-order valence-corrected chi connectivity index (χ0v) is 11.2. The molecule has 1 saturated heterocycles. The van der Waals surface area contributed by atoms with Crippen LogP contribution in [0.1, 0.15) is 12.0 Å². The molecule has 1 fully saturated rings. The summed E-state index contributed by atoms with van der Waals surface area (Å²) in [4.78, 5) is 2.44. The Morgan fingerprint density at radius 2 is 2.22 bits per heavy atom. The van der Waals surface area contributed by atoms with Gasteiger partial charge in [0, 0.05) is 37.5 Å². The van der Waals surface area contributed by atoms with Gasteiger partial charge in [-0.2, -0.15) is 0 Å². The molecule has 1 aliphatic heterocycles. The molecule has 1 atom stereocenters. The summed E-state index contributed by atoms with van der Waals surface area (Å²) in [5.41, 5.74) is 7.71. The minimum atomic E-state index is 0.662. The molecule has 0 aromatic heterocycles. The second kappa shape index (κ2) is 6.07. The average molecular weight is 250 g/mol. The molecular weight excluding hydrogens is 228 g/mol. The van der Waals surface area contributed by atoms with Crippen molar-refractivity contribution in [2.24, 2.45) is 5.92 Å². The minimum Gasteiger partial charge on any atom is -0.496 e. The molecule has 1 aromatic carbocycles. The fourth-order valence-electron chi connectivity index (χ4n) is 2.56. The van der Waals surface area contributed by atoms with Crippen molar-refractivity contribution in [2.45, 2.75) is 13.0 Å². The van der Waals surface area contributed by atoms with E-state index in [1.54, 1.807) is 14.2 Å². The Hall–Kier alpha value is -1.26. The van der Waals surface area contributed by atoms with Gasteiger partial charge >= 0.3 is 0 Å². The molecule has 2 N–H and O–H groups in total. The maximum absolute atomic E-state index is 5.76. The molecule has 0 aliphatic carbocycles. The molecule has 0 bridgehead atoms. The zero-order chi connectivity index (χ0) is 13.0. The molecule has 0 amide bonds. The van der Waals surface area contributed by atoms with Crippen molar-refractivity contribution < 1.29 is 9.47 Å². The van der Waals surface area contributed by atoms with Crippen LogP contribution in [-0.4, -0.2) is 38.8 Å². The lowest BCUT2D eigenvalue weighted by Crippen LogP contribution is -2.21. The Morgan fingerprint density at radius 1 is 1.39 bits per heavy atom. The summed E-state index contributed by atoms with van der Waals surface area (Å²) in [7, 11) is 3.46. The Labute approximate surface area is 109 Å². The summed E-state index contributed by atoms with van der Waals surface area (Å²) in [6, 6.07) is 5.87. The molecule has 2 rings (SSSR count). The number of benzene rings is 1. The van der Waals surface area contributed by atoms with E-state index >= 15 is 0 Å². The zero-order valence-electron chi connectivity index (χ0n) is 11.2. The van der Waals surface area contributed by atoms with Gasteiger partial charge in [-0.3, -0.25) is 4.90 Å². The molecule has 4 heteroatoms. The van der Waals surface area contributed by atoms with Crippen LogP contribution in [-0.2, 0) is 11.3 Å². The summed E-state index contributed by atoms with van der Waals surface area (Å²) >= 11 is 0. The van der Waals surface area contributed by atoms with Crippen molar-refractivity contribution in [1.29, 1.82) is 0 Å². The van der Waals surface area contributed by atoms with Gasteiger partial charge < -0.3 is 15.2 Å². The van der Waals surface area contributed by atoms with Crippen molar-refractivity contribution in [3.63, 3.8) is 0 Å². The second-order valence-corrected chi connectivity index (χ2v) is 4.92. The van der Waals surface area contributed by atoms with Crippen LogP contribution in [0.3, 0.4) is 0 Å².